The van der Waals surface area contributed by atoms with E-state index in [2.05, 4.69) is 434 Å². The molecule has 12 rings (SSSR count). The van der Waals surface area contributed by atoms with Gasteiger partial charge in [0.25, 0.3) is 0 Å². The molecule has 0 radical (unpaired) electrons. The fraction of sp³-hybridized carbons (Fsp3) is 0.780. The van der Waals surface area contributed by atoms with Crippen molar-refractivity contribution in [1.29, 1.82) is 0 Å². The van der Waals surface area contributed by atoms with Crippen LogP contribution < -0.4 is 63.8 Å². The number of hydrogen-bond acceptors (Lipinski definition) is 23. The second-order valence-electron chi connectivity index (χ2n) is 46.2. The zero-order valence-corrected chi connectivity index (χ0v) is 103. The van der Waals surface area contributed by atoms with Gasteiger partial charge in [0.15, 0.2) is 6.33 Å². The van der Waals surface area contributed by atoms with E-state index in [-0.39, 0.29) is 5.82 Å². The van der Waals surface area contributed by atoms with E-state index in [4.69, 9.17) is 8.94 Å². The van der Waals surface area contributed by atoms with Gasteiger partial charge in [0.1, 0.15) is 17.9 Å². The molecule has 858 valence electrons. The molecule has 3 aromatic heterocycles. The second-order valence-corrected chi connectivity index (χ2v) is 46.2. The van der Waals surface area contributed by atoms with Crippen LogP contribution in [0.1, 0.15) is 404 Å². The van der Waals surface area contributed by atoms with Crippen LogP contribution in [0.2, 0.25) is 0 Å². The summed E-state index contributed by atoms with van der Waals surface area (Å²) in [6.07, 6.45) is 35.7. The summed E-state index contributed by atoms with van der Waals surface area (Å²) in [5.74, 6) is 6.82. The number of nitrogens with one attached hydrogen (secondary N) is 12. The monoisotopic (exact) mass is 2060 g/mol. The van der Waals surface area contributed by atoms with E-state index in [0.29, 0.717) is 104 Å². The summed E-state index contributed by atoms with van der Waals surface area (Å²) in [4.78, 5) is 25.4. The third kappa shape index (κ3) is 109. The smallest absolute Gasteiger partial charge is 0.240 e. The number of piperidine rings is 1. The van der Waals surface area contributed by atoms with Crippen molar-refractivity contribution >= 4 is 0 Å². The predicted molar refractivity (Wildman–Crippen MR) is 641 cm³/mol. The number of nitrogens with zero attached hydrogens (tertiary/aromatic N) is 9. The lowest BCUT2D eigenvalue weighted by Gasteiger charge is -2.29. The Balaban J connectivity index is -0.000000745. The fourth-order valence-electron chi connectivity index (χ4n) is 13.6. The van der Waals surface area contributed by atoms with Crippen molar-refractivity contribution in [3.05, 3.63) is 162 Å². The van der Waals surface area contributed by atoms with Crippen LogP contribution in [0.25, 0.3) is 0 Å². The lowest BCUT2D eigenvalue weighted by Crippen LogP contribution is -2.35. The van der Waals surface area contributed by atoms with Gasteiger partial charge in [0.2, 0.25) is 11.8 Å². The Labute approximate surface area is 908 Å². The van der Waals surface area contributed by atoms with Crippen LogP contribution in [-0.4, -0.2) is 235 Å². The topological polar surface area (TPSA) is 248 Å². The molecule has 3 aromatic carbocycles. The number of aryl methyl sites for hydroxylation is 1. The molecule has 6 fully saturated rings. The van der Waals surface area contributed by atoms with Gasteiger partial charge in [-0.2, -0.15) is 4.98 Å². The van der Waals surface area contributed by atoms with Crippen molar-refractivity contribution in [1.82, 2.24) is 108 Å². The number of rotatable bonds is 39. The first-order valence-electron chi connectivity index (χ1n) is 58.3. The summed E-state index contributed by atoms with van der Waals surface area (Å²) in [5, 5.41) is 43.5. The number of hydrogen-bond donors (Lipinski definition) is 12. The normalized spacial score (nSPS) is 14.6. The maximum atomic E-state index is 12.5. The molecule has 4 saturated carbocycles. The summed E-state index contributed by atoms with van der Waals surface area (Å²) in [6.45, 7) is 95.4. The number of likely N-dealkylation sites (tertiary alicyclic amines) is 2. The molecular weight excluding hydrogens is 1820 g/mol. The van der Waals surface area contributed by atoms with Crippen molar-refractivity contribution in [2.75, 3.05) is 93.6 Å². The van der Waals surface area contributed by atoms with Gasteiger partial charge in [0, 0.05) is 129 Å². The van der Waals surface area contributed by atoms with E-state index in [9.17, 15) is 4.39 Å². The zero-order chi connectivity index (χ0) is 112. The maximum absolute atomic E-state index is 12.5. The molecule has 2 saturated heterocycles. The summed E-state index contributed by atoms with van der Waals surface area (Å²) >= 11 is 0. The predicted octanol–water partition coefficient (Wildman–Crippen LogP) is 25.6. The summed E-state index contributed by atoms with van der Waals surface area (Å²) in [5.41, 5.74) is 5.14. The summed E-state index contributed by atoms with van der Waals surface area (Å²) < 4.78 is 22.2. The Bertz CT molecular complexity index is 3380. The first-order chi connectivity index (χ1) is 69.5. The summed E-state index contributed by atoms with van der Waals surface area (Å²) in [6, 6.07) is 37.4. The largest absolute Gasteiger partial charge is 0.448 e. The molecule has 23 nitrogen and oxygen atoms in total. The first-order valence-corrected chi connectivity index (χ1v) is 58.3. The molecular formula is C123H242FN21O2. The van der Waals surface area contributed by atoms with Crippen LogP contribution in [0.5, 0.6) is 0 Å². The van der Waals surface area contributed by atoms with Crippen LogP contribution in [0.4, 0.5) is 4.39 Å². The highest BCUT2D eigenvalue weighted by molar-refractivity contribution is 5.21. The van der Waals surface area contributed by atoms with Crippen molar-refractivity contribution in [2.24, 2.45) is 29.6 Å². The first kappa shape index (κ1) is 148. The van der Waals surface area contributed by atoms with Crippen LogP contribution in [0.15, 0.2) is 125 Å². The van der Waals surface area contributed by atoms with Crippen LogP contribution in [-0.2, 0) is 39.3 Å². The Morgan fingerprint density at radius 1 is 0.320 bits per heavy atom. The molecule has 24 heteroatoms. The molecule has 12 N–H and O–H groups in total. The van der Waals surface area contributed by atoms with Crippen LogP contribution in [0, 0.1) is 42.3 Å². The van der Waals surface area contributed by atoms with E-state index in [0.717, 1.165) is 98.2 Å². The Morgan fingerprint density at radius 3 is 0.912 bits per heavy atom. The van der Waals surface area contributed by atoms with Gasteiger partial charge in [-0.15, -0.1) is 0 Å². The number of halogens is 1. The van der Waals surface area contributed by atoms with Crippen molar-refractivity contribution in [3.63, 3.8) is 0 Å². The minimum atomic E-state index is -0.178. The van der Waals surface area contributed by atoms with E-state index in [1.807, 2.05) is 12.1 Å². The molecule has 4 aliphatic carbocycles. The molecule has 147 heavy (non-hydrogen) atoms. The Hall–Kier alpha value is -5.62. The zero-order valence-electron chi connectivity index (χ0n) is 103. The van der Waals surface area contributed by atoms with Gasteiger partial charge in [0.05, 0.1) is 25.8 Å². The third-order valence-corrected chi connectivity index (χ3v) is 24.5. The van der Waals surface area contributed by atoms with Crippen LogP contribution >= 0.6 is 0 Å². The fourth-order valence-corrected chi connectivity index (χ4v) is 13.6. The van der Waals surface area contributed by atoms with Gasteiger partial charge in [-0.1, -0.05) is 309 Å². The Kier molecular flexibility index (Phi) is 98.9. The van der Waals surface area contributed by atoms with Crippen LogP contribution in [0.3, 0.4) is 0 Å². The SMILES string of the molecule is CC(C)CNC(C)C.CC(C)N(C)C.CC(C)N(C)C.CC(C)N1CCCC1.CC(C)N1CCCCC1.CC(C)NCC1CC1.CC(C)NCC1CCC1.CC(C)NCC1CCCC1.CC(C)NCC1CCCCC1.CC(C)NCc1ccc(F)cc1.CC(C)NCc1ccccc1.CC(C)NCc1ncccn1.CC(C)NCc1ncco1.CC(C)NCc1ncno1.CCNC(C)C.Cc1ccc(CNC(C)C)cc1. The van der Waals surface area contributed by atoms with E-state index in [1.54, 1.807) is 37.0 Å². The minimum absolute atomic E-state index is 0.178. The number of benzene rings is 3. The highest BCUT2D eigenvalue weighted by Gasteiger charge is 2.21. The van der Waals surface area contributed by atoms with Gasteiger partial charge in [-0.05, 0) is 297 Å². The lowest BCUT2D eigenvalue weighted by molar-refractivity contribution is 0.185. The molecule has 0 bridgehead atoms. The average Bonchev–Trinajstić information content (AvgIpc) is 1.80. The molecule has 0 unspecified atom stereocenters. The van der Waals surface area contributed by atoms with Gasteiger partial charge >= 0.3 is 0 Å². The van der Waals surface area contributed by atoms with Gasteiger partial charge in [-0.3, -0.25) is 0 Å². The van der Waals surface area contributed by atoms with E-state index in [1.165, 1.54) is 210 Å². The summed E-state index contributed by atoms with van der Waals surface area (Å²) in [7, 11) is 8.30. The quantitative estimate of drug-likeness (QED) is 0.0171. The van der Waals surface area contributed by atoms with Crippen molar-refractivity contribution in [2.45, 2.75) is 507 Å². The molecule has 5 heterocycles. The number of aromatic nitrogens is 5. The van der Waals surface area contributed by atoms with Gasteiger partial charge < -0.3 is 92.3 Å². The molecule has 0 atom stereocenters. The molecule has 6 aliphatic rings. The van der Waals surface area contributed by atoms with E-state index >= 15 is 0 Å². The van der Waals surface area contributed by atoms with Crippen molar-refractivity contribution < 1.29 is 13.3 Å². The lowest BCUT2D eigenvalue weighted by atomic mass is 9.85. The second kappa shape index (κ2) is 98.5. The van der Waals surface area contributed by atoms with Gasteiger partial charge in [-0.25, -0.2) is 19.3 Å². The highest BCUT2D eigenvalue weighted by atomic mass is 19.1. The maximum Gasteiger partial charge on any atom is 0.240 e. The number of oxazole rings is 1. The highest BCUT2D eigenvalue weighted by Crippen LogP contribution is 2.28. The van der Waals surface area contributed by atoms with Crippen molar-refractivity contribution in [3.8, 4) is 0 Å². The third-order valence-electron chi connectivity index (χ3n) is 24.5. The molecule has 2 aliphatic heterocycles. The molecule has 0 amide bonds. The van der Waals surface area contributed by atoms with E-state index < -0.39 is 0 Å². The molecule has 6 aromatic rings. The average molecular weight is 2070 g/mol. The minimum Gasteiger partial charge on any atom is -0.448 e. The standard InChI is InChI=1S/C11H17N.C10H14FN.C10H21N.C10H15N.C9H19N.C8H13N3.2C8H17N.C7H12N2O.2C7H15N.C7H17N.C6H11N3O.3C5H13N/c1-9(2)12-8-11-6-4-10(3)5-7-11;1-8(2)12-7-9-3-5-10(11)6-4-9;2*1-9(2)11-8-10-6-4-3-5-7-10;1-8(2)10-7-9-5-3-4-6-9;1-7(2)11-6-8-9-4-3-5-10-8;1-7(2)9-6-8-4-3-5-8;1-8(2)9-6-4-3-5-7-9;1-6(2)9-5-7-8-3-4-10-7;1-6(2)8-5-7-3-4-7;1-7(2)8-5-3-4-6-8;1-6(2)5-8-7(3)4;1-5(2)7-3-6-8-4-9-10-6;2*1-5(2)6(3)4;1-4-6-5(2)3/h4-7,9,12H,8H2,1-3H3;3-6,8,12H,7H2,1-2H3;9-11H,3-8H2,1-2H3;3-7,9,11H,8H2,1-2H3;8-10H,3-7H2,1-2H3;3-5,7,11H,6H2,1-2H3;7-9H,3-6H2,1-2H3;8H,3-7H2,1-2H3;3-4,6,9H,5H2,1-2H3;6-8H,3-5H2,1-2H3;7H,3-6H2,1-2H3;6-8H,5H2,1-4H3;4-5,7H,3H2,1-2H3;2*5H,1-4H3;5-6H,4H2,1-3H3. The Morgan fingerprint density at radius 2 is 0.633 bits per heavy atom. The molecule has 0 spiro atoms.